The third-order valence-electron chi connectivity index (χ3n) is 4.61. The maximum atomic E-state index is 3.84. The maximum absolute atomic E-state index is 3.84. The number of rotatable bonds is 3. The fourth-order valence-electron chi connectivity index (χ4n) is 2.79. The second-order valence-electron chi connectivity index (χ2n) is 5.70. The van der Waals surface area contributed by atoms with Crippen molar-refractivity contribution in [3.05, 3.63) is 70.3 Å². The van der Waals surface area contributed by atoms with Gasteiger partial charge in [0, 0.05) is 0 Å². The summed E-state index contributed by atoms with van der Waals surface area (Å²) >= 11 is 0. The van der Waals surface area contributed by atoms with Crippen LogP contribution in [0.15, 0.2) is 36.9 Å². The Hall–Kier alpha value is -1.82. The van der Waals surface area contributed by atoms with E-state index in [1.54, 1.807) is 0 Å². The lowest BCUT2D eigenvalue weighted by Gasteiger charge is -2.17. The van der Waals surface area contributed by atoms with Crippen molar-refractivity contribution in [2.45, 2.75) is 41.0 Å². The fourth-order valence-corrected chi connectivity index (χ4v) is 2.79. The van der Waals surface area contributed by atoms with Crippen LogP contribution in [0.25, 0.3) is 11.1 Å². The van der Waals surface area contributed by atoms with Crippen LogP contribution in [0.5, 0.6) is 0 Å². The van der Waals surface area contributed by atoms with Crippen molar-refractivity contribution in [2.24, 2.45) is 0 Å². The molecule has 0 fully saturated rings. The summed E-state index contributed by atoms with van der Waals surface area (Å²) in [6.45, 7) is 14.9. The van der Waals surface area contributed by atoms with E-state index in [9.17, 15) is 0 Å². The number of hydrogen-bond acceptors (Lipinski definition) is 0. The van der Waals surface area contributed by atoms with Crippen LogP contribution in [0.3, 0.4) is 0 Å². The van der Waals surface area contributed by atoms with E-state index >= 15 is 0 Å². The van der Waals surface area contributed by atoms with E-state index in [0.717, 1.165) is 6.42 Å². The molecular weight excluding hydrogens is 240 g/mol. The van der Waals surface area contributed by atoms with Gasteiger partial charge < -0.3 is 0 Å². The molecule has 0 amide bonds. The first-order valence-electron chi connectivity index (χ1n) is 7.24. The molecule has 0 nitrogen and oxygen atoms in total. The van der Waals surface area contributed by atoms with Gasteiger partial charge in [0.05, 0.1) is 0 Å². The van der Waals surface area contributed by atoms with Gasteiger partial charge in [-0.05, 0) is 85.5 Å². The van der Waals surface area contributed by atoms with E-state index in [0.29, 0.717) is 0 Å². The Morgan fingerprint density at radius 2 is 1.30 bits per heavy atom. The first-order valence-corrected chi connectivity index (χ1v) is 7.24. The number of allylic oxidation sites excluding steroid dienone is 1. The second-order valence-corrected chi connectivity index (χ2v) is 5.70. The van der Waals surface area contributed by atoms with E-state index in [2.05, 4.69) is 65.5 Å². The highest BCUT2D eigenvalue weighted by Gasteiger charge is 2.11. The smallest absolute Gasteiger partial charge is 0.00974 e. The molecule has 0 radical (unpaired) electrons. The van der Waals surface area contributed by atoms with Crippen molar-refractivity contribution in [3.63, 3.8) is 0 Å². The molecule has 0 bridgehead atoms. The summed E-state index contributed by atoms with van der Waals surface area (Å²) in [5.74, 6) is 0. The van der Waals surface area contributed by atoms with Crippen LogP contribution in [-0.4, -0.2) is 0 Å². The van der Waals surface area contributed by atoms with Gasteiger partial charge in [-0.3, -0.25) is 0 Å². The van der Waals surface area contributed by atoms with Gasteiger partial charge in [0.15, 0.2) is 0 Å². The van der Waals surface area contributed by atoms with Crippen LogP contribution in [0, 0.1) is 34.6 Å². The first kappa shape index (κ1) is 14.6. The third kappa shape index (κ3) is 2.43. The predicted molar refractivity (Wildman–Crippen MR) is 89.5 cm³/mol. The molecule has 2 aromatic carbocycles. The van der Waals surface area contributed by atoms with Crippen LogP contribution in [0.2, 0.25) is 0 Å². The van der Waals surface area contributed by atoms with E-state index in [1.807, 2.05) is 6.08 Å². The Kier molecular flexibility index (Phi) is 4.13. The van der Waals surface area contributed by atoms with E-state index in [1.165, 1.54) is 44.5 Å². The quantitative estimate of drug-likeness (QED) is 0.631. The van der Waals surface area contributed by atoms with Gasteiger partial charge in [-0.15, -0.1) is 6.58 Å². The molecule has 2 rings (SSSR count). The summed E-state index contributed by atoms with van der Waals surface area (Å²) < 4.78 is 0. The SMILES string of the molecule is C=CCc1ccc(-c2ccc(C)c(C)c2C)c(C)c1C. The van der Waals surface area contributed by atoms with Crippen molar-refractivity contribution in [1.29, 1.82) is 0 Å². The van der Waals surface area contributed by atoms with Gasteiger partial charge in [0.1, 0.15) is 0 Å². The predicted octanol–water partition coefficient (Wildman–Crippen LogP) is 5.62. The Bertz CT molecular complexity index is 660. The molecule has 0 saturated carbocycles. The van der Waals surface area contributed by atoms with Gasteiger partial charge in [-0.2, -0.15) is 0 Å². The molecule has 0 heteroatoms. The minimum absolute atomic E-state index is 0.943. The second kappa shape index (κ2) is 5.66. The summed E-state index contributed by atoms with van der Waals surface area (Å²) in [6, 6.07) is 8.99. The first-order chi connectivity index (χ1) is 9.47. The van der Waals surface area contributed by atoms with Crippen molar-refractivity contribution in [1.82, 2.24) is 0 Å². The van der Waals surface area contributed by atoms with Crippen molar-refractivity contribution in [2.75, 3.05) is 0 Å². The van der Waals surface area contributed by atoms with E-state index in [4.69, 9.17) is 0 Å². The molecule has 0 unspecified atom stereocenters. The van der Waals surface area contributed by atoms with Crippen LogP contribution < -0.4 is 0 Å². The zero-order valence-electron chi connectivity index (χ0n) is 13.3. The minimum atomic E-state index is 0.943. The zero-order valence-corrected chi connectivity index (χ0v) is 13.3. The Morgan fingerprint density at radius 3 is 1.90 bits per heavy atom. The van der Waals surface area contributed by atoms with E-state index < -0.39 is 0 Å². The largest absolute Gasteiger partial charge is 0.103 e. The van der Waals surface area contributed by atoms with E-state index in [-0.39, 0.29) is 0 Å². The van der Waals surface area contributed by atoms with Crippen LogP contribution in [0.4, 0.5) is 0 Å². The molecule has 0 aromatic heterocycles. The molecule has 20 heavy (non-hydrogen) atoms. The molecule has 0 saturated heterocycles. The summed E-state index contributed by atoms with van der Waals surface area (Å²) in [5, 5.41) is 0. The van der Waals surface area contributed by atoms with Crippen LogP contribution in [-0.2, 0) is 6.42 Å². The molecule has 0 N–H and O–H groups in total. The molecule has 0 heterocycles. The molecule has 2 aromatic rings. The van der Waals surface area contributed by atoms with Gasteiger partial charge in [0.2, 0.25) is 0 Å². The molecular formula is C20H24. The van der Waals surface area contributed by atoms with Crippen LogP contribution >= 0.6 is 0 Å². The van der Waals surface area contributed by atoms with Gasteiger partial charge in [0.25, 0.3) is 0 Å². The summed E-state index contributed by atoms with van der Waals surface area (Å²) in [6.07, 6.45) is 2.92. The monoisotopic (exact) mass is 264 g/mol. The lowest BCUT2D eigenvalue weighted by atomic mass is 9.88. The van der Waals surface area contributed by atoms with Crippen molar-refractivity contribution < 1.29 is 0 Å². The maximum Gasteiger partial charge on any atom is -0.00974 e. The summed E-state index contributed by atoms with van der Waals surface area (Å²) in [4.78, 5) is 0. The van der Waals surface area contributed by atoms with Crippen molar-refractivity contribution >= 4 is 0 Å². The average Bonchev–Trinajstić information content (AvgIpc) is 2.43. The lowest BCUT2D eigenvalue weighted by molar-refractivity contribution is 1.18. The molecule has 0 aliphatic carbocycles. The summed E-state index contributed by atoms with van der Waals surface area (Å²) in [5.41, 5.74) is 11.0. The van der Waals surface area contributed by atoms with Gasteiger partial charge in [-0.1, -0.05) is 30.3 Å². The molecule has 0 aliphatic rings. The standard InChI is InChI=1S/C20H24/c1-7-8-18-10-12-20(17(6)15(18)4)19-11-9-13(2)14(3)16(19)5/h7,9-12H,1,8H2,2-6H3. The number of aryl methyl sites for hydroxylation is 1. The minimum Gasteiger partial charge on any atom is -0.103 e. The Morgan fingerprint density at radius 1 is 0.750 bits per heavy atom. The molecule has 0 atom stereocenters. The highest BCUT2D eigenvalue weighted by molar-refractivity contribution is 5.73. The third-order valence-corrected chi connectivity index (χ3v) is 4.61. The number of benzene rings is 2. The highest BCUT2D eigenvalue weighted by Crippen LogP contribution is 2.32. The Labute approximate surface area is 123 Å². The molecule has 104 valence electrons. The zero-order chi connectivity index (χ0) is 14.9. The normalized spacial score (nSPS) is 10.7. The Balaban J connectivity index is 2.63. The molecule has 0 spiro atoms. The van der Waals surface area contributed by atoms with Crippen molar-refractivity contribution in [3.8, 4) is 11.1 Å². The molecule has 0 aliphatic heterocycles. The van der Waals surface area contributed by atoms with Gasteiger partial charge >= 0.3 is 0 Å². The average molecular weight is 264 g/mol. The fraction of sp³-hybridized carbons (Fsp3) is 0.300. The summed E-state index contributed by atoms with van der Waals surface area (Å²) in [7, 11) is 0. The van der Waals surface area contributed by atoms with Gasteiger partial charge in [-0.25, -0.2) is 0 Å². The highest BCUT2D eigenvalue weighted by atomic mass is 14.2. The number of hydrogen-bond donors (Lipinski definition) is 0. The lowest BCUT2D eigenvalue weighted by Crippen LogP contribution is -1.97. The van der Waals surface area contributed by atoms with Crippen LogP contribution in [0.1, 0.15) is 33.4 Å². The topological polar surface area (TPSA) is 0 Å².